The van der Waals surface area contributed by atoms with Crippen LogP contribution in [0.4, 0.5) is 23.7 Å². The minimum atomic E-state index is -2.72. The Labute approximate surface area is 102 Å². The molecule has 2 N–H and O–H groups in total. The predicted molar refractivity (Wildman–Crippen MR) is 60.1 cm³/mol. The van der Waals surface area contributed by atoms with Crippen molar-refractivity contribution < 1.29 is 23.1 Å². The van der Waals surface area contributed by atoms with E-state index < -0.39 is 31.4 Å². The number of halogens is 3. The Kier molecular flexibility index (Phi) is 5.44. The smallest absolute Gasteiger partial charge is 0.322 e. The van der Waals surface area contributed by atoms with Crippen LogP contribution >= 0.6 is 0 Å². The van der Waals surface area contributed by atoms with Crippen LogP contribution in [-0.4, -0.2) is 42.2 Å². The number of aliphatic hydroxyl groups excluding tert-OH is 1. The monoisotopic (exact) mass is 262 g/mol. The molecule has 0 unspecified atom stereocenters. The first-order valence-electron chi connectivity index (χ1n) is 5.24. The summed E-state index contributed by atoms with van der Waals surface area (Å²) in [6.45, 7) is -1.51. The summed E-state index contributed by atoms with van der Waals surface area (Å²) in [5.41, 5.74) is -0.0975. The molecular formula is C11H13F3N2O2. The molecule has 1 aromatic carbocycles. The van der Waals surface area contributed by atoms with Gasteiger partial charge in [0, 0.05) is 6.54 Å². The summed E-state index contributed by atoms with van der Waals surface area (Å²) in [7, 11) is 0. The summed E-state index contributed by atoms with van der Waals surface area (Å²) in [6, 6.07) is 4.51. The van der Waals surface area contributed by atoms with Gasteiger partial charge in [0.15, 0.2) is 0 Å². The van der Waals surface area contributed by atoms with Crippen molar-refractivity contribution >= 4 is 11.7 Å². The number of carbonyl (C=O) groups excluding carboxylic acids is 1. The highest BCUT2D eigenvalue weighted by molar-refractivity contribution is 5.89. The second-order valence-corrected chi connectivity index (χ2v) is 3.47. The lowest BCUT2D eigenvalue weighted by molar-refractivity contribution is 0.0943. The maximum atomic E-state index is 13.2. The fraction of sp³-hybridized carbons (Fsp3) is 0.364. The third-order valence-corrected chi connectivity index (χ3v) is 2.13. The van der Waals surface area contributed by atoms with Crippen molar-refractivity contribution in [3.63, 3.8) is 0 Å². The minimum Gasteiger partial charge on any atom is -0.395 e. The lowest BCUT2D eigenvalue weighted by Gasteiger charge is -2.21. The molecule has 100 valence electrons. The van der Waals surface area contributed by atoms with E-state index >= 15 is 0 Å². The molecule has 0 saturated heterocycles. The van der Waals surface area contributed by atoms with Crippen LogP contribution in [0.25, 0.3) is 0 Å². The molecule has 0 atom stereocenters. The van der Waals surface area contributed by atoms with Crippen LogP contribution in [0.5, 0.6) is 0 Å². The molecule has 1 rings (SSSR count). The van der Waals surface area contributed by atoms with Crippen molar-refractivity contribution in [1.29, 1.82) is 0 Å². The van der Waals surface area contributed by atoms with E-state index in [1.54, 1.807) is 0 Å². The van der Waals surface area contributed by atoms with E-state index in [1.807, 2.05) is 0 Å². The van der Waals surface area contributed by atoms with E-state index in [4.69, 9.17) is 5.11 Å². The van der Waals surface area contributed by atoms with Crippen molar-refractivity contribution in [2.75, 3.05) is 25.0 Å². The molecule has 0 aliphatic rings. The highest BCUT2D eigenvalue weighted by atomic mass is 19.3. The summed E-state index contributed by atoms with van der Waals surface area (Å²) in [5, 5.41) is 10.8. The molecule has 0 saturated carbocycles. The molecule has 1 aromatic rings. The SMILES string of the molecule is O=C(Nc1ccccc1F)N(CCO)CC(F)F. The van der Waals surface area contributed by atoms with Gasteiger partial charge in [0.05, 0.1) is 18.8 Å². The van der Waals surface area contributed by atoms with Gasteiger partial charge in [-0.2, -0.15) is 0 Å². The number of nitrogens with one attached hydrogen (secondary N) is 1. The zero-order valence-corrected chi connectivity index (χ0v) is 9.44. The highest BCUT2D eigenvalue weighted by Crippen LogP contribution is 2.13. The summed E-state index contributed by atoms with van der Waals surface area (Å²) in [5.74, 6) is -0.660. The summed E-state index contributed by atoms with van der Waals surface area (Å²) in [6.07, 6.45) is -2.72. The normalized spacial score (nSPS) is 10.5. The van der Waals surface area contributed by atoms with E-state index in [1.165, 1.54) is 18.2 Å². The number of alkyl halides is 2. The Morgan fingerprint density at radius 3 is 2.61 bits per heavy atom. The largest absolute Gasteiger partial charge is 0.395 e. The zero-order valence-electron chi connectivity index (χ0n) is 9.44. The number of benzene rings is 1. The number of para-hydroxylation sites is 1. The van der Waals surface area contributed by atoms with Crippen LogP contribution in [0, 0.1) is 5.82 Å². The number of hydrogen-bond donors (Lipinski definition) is 2. The van der Waals surface area contributed by atoms with Crippen molar-refractivity contribution in [3.8, 4) is 0 Å². The van der Waals surface area contributed by atoms with Gasteiger partial charge in [-0.05, 0) is 12.1 Å². The Hall–Kier alpha value is -1.76. The molecule has 7 heteroatoms. The average molecular weight is 262 g/mol. The molecule has 2 amide bonds. The third-order valence-electron chi connectivity index (χ3n) is 2.13. The van der Waals surface area contributed by atoms with Gasteiger partial charge in [0.2, 0.25) is 0 Å². The van der Waals surface area contributed by atoms with Crippen molar-refractivity contribution in [3.05, 3.63) is 30.1 Å². The zero-order chi connectivity index (χ0) is 13.5. The second-order valence-electron chi connectivity index (χ2n) is 3.47. The Balaban J connectivity index is 2.69. The first-order chi connectivity index (χ1) is 8.54. The van der Waals surface area contributed by atoms with Gasteiger partial charge in [-0.15, -0.1) is 0 Å². The Morgan fingerprint density at radius 1 is 1.39 bits per heavy atom. The van der Waals surface area contributed by atoms with Gasteiger partial charge in [0.25, 0.3) is 6.43 Å². The fourth-order valence-electron chi connectivity index (χ4n) is 1.32. The molecule has 0 aliphatic heterocycles. The Morgan fingerprint density at radius 2 is 2.06 bits per heavy atom. The number of anilines is 1. The second kappa shape index (κ2) is 6.85. The summed E-state index contributed by atoms with van der Waals surface area (Å²) in [4.78, 5) is 12.3. The van der Waals surface area contributed by atoms with Crippen LogP contribution in [0.15, 0.2) is 24.3 Å². The topological polar surface area (TPSA) is 52.6 Å². The summed E-state index contributed by atoms with van der Waals surface area (Å²) >= 11 is 0. The van der Waals surface area contributed by atoms with Crippen LogP contribution in [0.2, 0.25) is 0 Å². The number of amides is 2. The maximum Gasteiger partial charge on any atom is 0.322 e. The number of rotatable bonds is 5. The Bertz CT molecular complexity index is 402. The fourth-order valence-corrected chi connectivity index (χ4v) is 1.32. The van der Waals surface area contributed by atoms with Crippen LogP contribution in [-0.2, 0) is 0 Å². The standard InChI is InChI=1S/C11H13F3N2O2/c12-8-3-1-2-4-9(8)15-11(18)16(5-6-17)7-10(13)14/h1-4,10,17H,5-7H2,(H,15,18). The van der Waals surface area contributed by atoms with Crippen LogP contribution < -0.4 is 5.32 Å². The van der Waals surface area contributed by atoms with Gasteiger partial charge in [-0.3, -0.25) is 0 Å². The molecule has 0 heterocycles. The van der Waals surface area contributed by atoms with E-state index in [2.05, 4.69) is 5.32 Å². The first kappa shape index (κ1) is 14.3. The van der Waals surface area contributed by atoms with Gasteiger partial charge >= 0.3 is 6.03 Å². The van der Waals surface area contributed by atoms with Crippen LogP contribution in [0.3, 0.4) is 0 Å². The lowest BCUT2D eigenvalue weighted by Crippen LogP contribution is -2.40. The molecule has 4 nitrogen and oxygen atoms in total. The minimum absolute atomic E-state index is 0.0975. The molecule has 0 fully saturated rings. The average Bonchev–Trinajstić information content (AvgIpc) is 2.31. The van der Waals surface area contributed by atoms with E-state index in [0.29, 0.717) is 0 Å². The van der Waals surface area contributed by atoms with E-state index in [-0.39, 0.29) is 12.2 Å². The van der Waals surface area contributed by atoms with Gasteiger partial charge < -0.3 is 15.3 Å². The van der Waals surface area contributed by atoms with Crippen molar-refractivity contribution in [2.45, 2.75) is 6.43 Å². The number of carbonyl (C=O) groups is 1. The van der Waals surface area contributed by atoms with E-state index in [0.717, 1.165) is 11.0 Å². The number of hydrogen-bond acceptors (Lipinski definition) is 2. The van der Waals surface area contributed by atoms with Gasteiger partial charge in [-0.25, -0.2) is 18.0 Å². The van der Waals surface area contributed by atoms with Crippen molar-refractivity contribution in [2.24, 2.45) is 0 Å². The molecule has 18 heavy (non-hydrogen) atoms. The molecule has 0 bridgehead atoms. The molecular weight excluding hydrogens is 249 g/mol. The predicted octanol–water partition coefficient (Wildman–Crippen LogP) is 1.92. The number of urea groups is 1. The van der Waals surface area contributed by atoms with E-state index in [9.17, 15) is 18.0 Å². The number of nitrogens with zero attached hydrogens (tertiary/aromatic N) is 1. The third kappa shape index (κ3) is 4.25. The highest BCUT2D eigenvalue weighted by Gasteiger charge is 2.18. The van der Waals surface area contributed by atoms with Crippen LogP contribution in [0.1, 0.15) is 0 Å². The van der Waals surface area contributed by atoms with Gasteiger partial charge in [0.1, 0.15) is 5.82 Å². The van der Waals surface area contributed by atoms with Crippen molar-refractivity contribution in [1.82, 2.24) is 4.90 Å². The molecule has 0 spiro atoms. The lowest BCUT2D eigenvalue weighted by atomic mass is 10.3. The molecule has 0 aromatic heterocycles. The molecule has 0 radical (unpaired) electrons. The number of aliphatic hydroxyl groups is 1. The quantitative estimate of drug-likeness (QED) is 0.851. The van der Waals surface area contributed by atoms with Gasteiger partial charge in [-0.1, -0.05) is 12.1 Å². The maximum absolute atomic E-state index is 13.2. The summed E-state index contributed by atoms with van der Waals surface area (Å²) < 4.78 is 37.6. The first-order valence-corrected chi connectivity index (χ1v) is 5.24. The molecule has 0 aliphatic carbocycles.